The number of phenols is 1. The van der Waals surface area contributed by atoms with E-state index >= 15 is 0 Å². The maximum atomic E-state index is 12.9. The highest BCUT2D eigenvalue weighted by atomic mass is 32.2. The number of phenolic OH excluding ortho intramolecular Hbond substituents is 1. The number of rotatable bonds is 1. The van der Waals surface area contributed by atoms with Crippen molar-refractivity contribution in [3.05, 3.63) is 28.8 Å². The van der Waals surface area contributed by atoms with Crippen LogP contribution in [-0.2, 0) is 10.8 Å². The highest BCUT2D eigenvalue weighted by Gasteiger charge is 2.29. The van der Waals surface area contributed by atoms with E-state index in [-0.39, 0.29) is 16.7 Å². The van der Waals surface area contributed by atoms with Gasteiger partial charge in [-0.1, -0.05) is 41.5 Å². The fraction of sp³-hybridized carbons (Fsp3) is 0.632. The maximum Gasteiger partial charge on any atom is 0.253 e. The summed E-state index contributed by atoms with van der Waals surface area (Å²) in [5.41, 5.74) is 1.97. The van der Waals surface area contributed by atoms with E-state index in [1.165, 1.54) is 0 Å². The summed E-state index contributed by atoms with van der Waals surface area (Å²) in [5.74, 6) is 2.42. The molecule has 1 N–H and O–H groups in total. The lowest BCUT2D eigenvalue weighted by Crippen LogP contribution is -2.38. The number of aromatic hydroxyl groups is 1. The largest absolute Gasteiger partial charge is 0.507 e. The van der Waals surface area contributed by atoms with Gasteiger partial charge in [0.2, 0.25) is 0 Å². The summed E-state index contributed by atoms with van der Waals surface area (Å²) in [6.45, 7) is 14.0. The van der Waals surface area contributed by atoms with E-state index in [0.29, 0.717) is 11.3 Å². The average Bonchev–Trinajstić information content (AvgIpc) is 2.45. The van der Waals surface area contributed by atoms with E-state index in [0.717, 1.165) is 35.7 Å². The van der Waals surface area contributed by atoms with Crippen molar-refractivity contribution < 1.29 is 9.90 Å². The molecule has 0 atom stereocenters. The molecule has 1 aromatic rings. The molecular formula is C19H29NO2S. The van der Waals surface area contributed by atoms with Crippen LogP contribution in [0.3, 0.4) is 0 Å². The number of nitrogens with zero attached hydrogens (tertiary/aromatic N) is 1. The van der Waals surface area contributed by atoms with Crippen LogP contribution in [0.1, 0.15) is 63.0 Å². The van der Waals surface area contributed by atoms with Gasteiger partial charge in [0, 0.05) is 41.3 Å². The molecule has 0 saturated carbocycles. The Kier molecular flexibility index (Phi) is 5.05. The summed E-state index contributed by atoms with van der Waals surface area (Å²) < 4.78 is 0. The van der Waals surface area contributed by atoms with Crippen LogP contribution >= 0.6 is 11.8 Å². The van der Waals surface area contributed by atoms with Crippen LogP contribution in [0, 0.1) is 0 Å². The van der Waals surface area contributed by atoms with Crippen LogP contribution in [-0.4, -0.2) is 40.5 Å². The summed E-state index contributed by atoms with van der Waals surface area (Å²) in [6, 6.07) is 3.77. The number of hydrogen-bond acceptors (Lipinski definition) is 3. The van der Waals surface area contributed by atoms with E-state index in [4.69, 9.17) is 0 Å². The summed E-state index contributed by atoms with van der Waals surface area (Å²) in [4.78, 5) is 14.8. The third kappa shape index (κ3) is 4.03. The molecule has 1 heterocycles. The van der Waals surface area contributed by atoms with Crippen LogP contribution in [0.15, 0.2) is 12.1 Å². The van der Waals surface area contributed by atoms with Gasteiger partial charge in [0.25, 0.3) is 5.91 Å². The minimum Gasteiger partial charge on any atom is -0.507 e. The van der Waals surface area contributed by atoms with Gasteiger partial charge in [0.05, 0.1) is 0 Å². The number of amides is 1. The minimum atomic E-state index is -0.210. The van der Waals surface area contributed by atoms with E-state index < -0.39 is 0 Å². The Hall–Kier alpha value is -1.16. The van der Waals surface area contributed by atoms with Gasteiger partial charge in [-0.2, -0.15) is 11.8 Å². The van der Waals surface area contributed by atoms with Gasteiger partial charge in [0.15, 0.2) is 0 Å². The average molecular weight is 336 g/mol. The molecule has 1 aliphatic rings. The Morgan fingerprint density at radius 1 is 1.00 bits per heavy atom. The Balaban J connectivity index is 2.53. The molecule has 128 valence electrons. The van der Waals surface area contributed by atoms with Gasteiger partial charge in [-0.25, -0.2) is 0 Å². The van der Waals surface area contributed by atoms with Crippen molar-refractivity contribution in [1.82, 2.24) is 4.90 Å². The molecule has 0 aromatic heterocycles. The standard InChI is InChI=1S/C19H29NO2S/c1-18(2,3)14-11-13(12-15(16(14)21)19(4,5)6)17(22)20-7-9-23-10-8-20/h11-12,21H,7-10H2,1-6H3. The Morgan fingerprint density at radius 2 is 1.43 bits per heavy atom. The second-order valence-electron chi connectivity index (χ2n) is 8.32. The summed E-state index contributed by atoms with van der Waals surface area (Å²) in [7, 11) is 0. The van der Waals surface area contributed by atoms with Crippen LogP contribution in [0.25, 0.3) is 0 Å². The molecule has 0 radical (unpaired) electrons. The molecule has 1 fully saturated rings. The molecule has 1 amide bonds. The molecule has 0 bridgehead atoms. The van der Waals surface area contributed by atoms with Crippen molar-refractivity contribution in [2.24, 2.45) is 0 Å². The highest BCUT2D eigenvalue weighted by Crippen LogP contribution is 2.40. The van der Waals surface area contributed by atoms with Gasteiger partial charge in [0.1, 0.15) is 5.75 Å². The van der Waals surface area contributed by atoms with Crippen LogP contribution in [0.4, 0.5) is 0 Å². The van der Waals surface area contributed by atoms with E-state index in [9.17, 15) is 9.90 Å². The van der Waals surface area contributed by atoms with Crippen molar-refractivity contribution in [3.63, 3.8) is 0 Å². The summed E-state index contributed by atoms with van der Waals surface area (Å²) in [6.07, 6.45) is 0. The maximum absolute atomic E-state index is 12.9. The van der Waals surface area contributed by atoms with Crippen molar-refractivity contribution in [1.29, 1.82) is 0 Å². The van der Waals surface area contributed by atoms with Gasteiger partial charge in [-0.3, -0.25) is 4.79 Å². The fourth-order valence-electron chi connectivity index (χ4n) is 2.85. The molecule has 0 spiro atoms. The monoisotopic (exact) mass is 335 g/mol. The number of carbonyl (C=O) groups excluding carboxylic acids is 1. The van der Waals surface area contributed by atoms with E-state index in [1.807, 2.05) is 28.8 Å². The molecule has 23 heavy (non-hydrogen) atoms. The molecule has 1 saturated heterocycles. The minimum absolute atomic E-state index is 0.0845. The second-order valence-corrected chi connectivity index (χ2v) is 9.55. The first-order chi connectivity index (χ1) is 10.5. The first-order valence-electron chi connectivity index (χ1n) is 8.27. The number of hydrogen-bond donors (Lipinski definition) is 1. The number of thioether (sulfide) groups is 1. The lowest BCUT2D eigenvalue weighted by Gasteiger charge is -2.30. The van der Waals surface area contributed by atoms with Gasteiger partial charge >= 0.3 is 0 Å². The number of benzene rings is 1. The van der Waals surface area contributed by atoms with Crippen molar-refractivity contribution in [2.45, 2.75) is 52.4 Å². The van der Waals surface area contributed by atoms with Crippen molar-refractivity contribution in [2.75, 3.05) is 24.6 Å². The predicted octanol–water partition coefficient (Wildman–Crippen LogP) is 4.18. The molecule has 1 aliphatic heterocycles. The summed E-state index contributed by atoms with van der Waals surface area (Å²) >= 11 is 1.89. The van der Waals surface area contributed by atoms with E-state index in [1.54, 1.807) is 0 Å². The zero-order chi connectivity index (χ0) is 17.4. The smallest absolute Gasteiger partial charge is 0.253 e. The molecule has 3 nitrogen and oxygen atoms in total. The van der Waals surface area contributed by atoms with Crippen molar-refractivity contribution >= 4 is 17.7 Å². The van der Waals surface area contributed by atoms with E-state index in [2.05, 4.69) is 41.5 Å². The second kappa shape index (κ2) is 6.39. The van der Waals surface area contributed by atoms with Crippen LogP contribution < -0.4 is 0 Å². The highest BCUT2D eigenvalue weighted by molar-refractivity contribution is 7.99. The fourth-order valence-corrected chi connectivity index (χ4v) is 3.75. The summed E-state index contributed by atoms with van der Waals surface area (Å²) in [5, 5.41) is 10.7. The Morgan fingerprint density at radius 3 is 1.83 bits per heavy atom. The zero-order valence-corrected chi connectivity index (χ0v) is 16.0. The Labute approximate surface area is 144 Å². The third-order valence-electron chi connectivity index (χ3n) is 4.27. The molecule has 4 heteroatoms. The van der Waals surface area contributed by atoms with Gasteiger partial charge in [-0.05, 0) is 23.0 Å². The molecule has 0 aliphatic carbocycles. The predicted molar refractivity (Wildman–Crippen MR) is 98.7 cm³/mol. The van der Waals surface area contributed by atoms with Gasteiger partial charge < -0.3 is 10.0 Å². The number of carbonyl (C=O) groups is 1. The van der Waals surface area contributed by atoms with Crippen molar-refractivity contribution in [3.8, 4) is 5.75 Å². The SMILES string of the molecule is CC(C)(C)c1cc(C(=O)N2CCSCC2)cc(C(C)(C)C)c1O. The zero-order valence-electron chi connectivity index (χ0n) is 15.2. The normalized spacial score (nSPS) is 16.5. The molecule has 2 rings (SSSR count). The van der Waals surface area contributed by atoms with Gasteiger partial charge in [-0.15, -0.1) is 0 Å². The molecule has 1 aromatic carbocycles. The first kappa shape index (κ1) is 18.2. The quantitative estimate of drug-likeness (QED) is 0.837. The topological polar surface area (TPSA) is 40.5 Å². The molecule has 0 unspecified atom stereocenters. The first-order valence-corrected chi connectivity index (χ1v) is 9.42. The Bertz CT molecular complexity index is 555. The lowest BCUT2D eigenvalue weighted by molar-refractivity contribution is 0.0772. The van der Waals surface area contributed by atoms with Crippen LogP contribution in [0.2, 0.25) is 0 Å². The lowest BCUT2D eigenvalue weighted by atomic mass is 9.78. The van der Waals surface area contributed by atoms with Crippen LogP contribution in [0.5, 0.6) is 5.75 Å². The molecular weight excluding hydrogens is 306 g/mol. The third-order valence-corrected chi connectivity index (χ3v) is 5.21.